The summed E-state index contributed by atoms with van der Waals surface area (Å²) in [6.07, 6.45) is 0. The van der Waals surface area contributed by atoms with Crippen molar-refractivity contribution in [2.45, 2.75) is 13.0 Å². The highest BCUT2D eigenvalue weighted by Gasteiger charge is 2.27. The highest BCUT2D eigenvalue weighted by atomic mass is 16.5. The molecule has 28 heavy (non-hydrogen) atoms. The van der Waals surface area contributed by atoms with E-state index in [0.29, 0.717) is 6.54 Å². The van der Waals surface area contributed by atoms with Crippen LogP contribution in [0.15, 0.2) is 54.6 Å². The number of piperazine rings is 1. The fourth-order valence-electron chi connectivity index (χ4n) is 3.65. The van der Waals surface area contributed by atoms with Crippen LogP contribution in [0, 0.1) is 0 Å². The molecule has 1 atom stereocenters. The lowest BCUT2D eigenvalue weighted by molar-refractivity contribution is 0.0981. The predicted molar refractivity (Wildman–Crippen MR) is 113 cm³/mol. The number of hydrogen-bond acceptors (Lipinski definition) is 4. The Morgan fingerprint density at radius 3 is 2.39 bits per heavy atom. The van der Waals surface area contributed by atoms with Crippen molar-refractivity contribution in [3.05, 3.63) is 60.2 Å². The molecule has 0 radical (unpaired) electrons. The number of methoxy groups -OCH3 is 1. The highest BCUT2D eigenvalue weighted by Crippen LogP contribution is 2.29. The summed E-state index contributed by atoms with van der Waals surface area (Å²) in [5, 5.41) is 5.93. The van der Waals surface area contributed by atoms with Crippen LogP contribution < -0.4 is 15.4 Å². The molecule has 150 valence electrons. The number of para-hydroxylation sites is 2. The number of amides is 2. The Morgan fingerprint density at radius 1 is 1.04 bits per heavy atom. The minimum absolute atomic E-state index is 0.0664. The molecule has 2 amide bonds. The Balaban J connectivity index is 1.70. The van der Waals surface area contributed by atoms with E-state index in [1.807, 2.05) is 48.5 Å². The minimum atomic E-state index is -0.196. The molecule has 2 N–H and O–H groups in total. The summed E-state index contributed by atoms with van der Waals surface area (Å²) in [6, 6.07) is 17.4. The average molecular weight is 383 g/mol. The second kappa shape index (κ2) is 10.1. The monoisotopic (exact) mass is 382 g/mol. The Labute approximate surface area is 167 Å². The first-order valence-corrected chi connectivity index (χ1v) is 9.90. The van der Waals surface area contributed by atoms with Crippen LogP contribution in [0.2, 0.25) is 0 Å². The van der Waals surface area contributed by atoms with Gasteiger partial charge in [-0.2, -0.15) is 0 Å². The number of hydrogen-bond donors (Lipinski definition) is 2. The molecule has 2 aromatic carbocycles. The number of benzene rings is 2. The number of urea groups is 1. The summed E-state index contributed by atoms with van der Waals surface area (Å²) in [7, 11) is 1.69. The van der Waals surface area contributed by atoms with Gasteiger partial charge in [-0.05, 0) is 24.7 Å². The standard InChI is InChI=1S/C22H30N4O2/c1-3-25-13-15-26(16-14-25)20(19-11-7-8-12-21(19)28-2)17-23-22(27)24-18-9-5-4-6-10-18/h4-12,20H,3,13-17H2,1-2H3,(H2,23,24,27). The van der Waals surface area contributed by atoms with E-state index in [9.17, 15) is 4.79 Å². The molecule has 1 heterocycles. The van der Waals surface area contributed by atoms with Gasteiger partial charge in [0.05, 0.1) is 13.2 Å². The van der Waals surface area contributed by atoms with Crippen LogP contribution in [0.5, 0.6) is 5.75 Å². The molecule has 2 aromatic rings. The lowest BCUT2D eigenvalue weighted by Gasteiger charge is -2.39. The van der Waals surface area contributed by atoms with Crippen LogP contribution in [0.3, 0.4) is 0 Å². The summed E-state index contributed by atoms with van der Waals surface area (Å²) in [5.74, 6) is 0.857. The van der Waals surface area contributed by atoms with E-state index in [4.69, 9.17) is 4.74 Å². The second-order valence-electron chi connectivity index (χ2n) is 6.93. The number of likely N-dealkylation sites (N-methyl/N-ethyl adjacent to an activating group) is 1. The van der Waals surface area contributed by atoms with Gasteiger partial charge in [-0.3, -0.25) is 4.90 Å². The SMILES string of the molecule is CCN1CCN(C(CNC(=O)Nc2ccccc2)c2ccccc2OC)CC1. The summed E-state index contributed by atoms with van der Waals surface area (Å²) < 4.78 is 5.60. The molecule has 1 aliphatic heterocycles. The zero-order valence-corrected chi connectivity index (χ0v) is 16.7. The van der Waals surface area contributed by atoms with Crippen LogP contribution in [-0.4, -0.2) is 62.2 Å². The molecule has 6 heteroatoms. The van der Waals surface area contributed by atoms with Gasteiger partial charge in [0.2, 0.25) is 0 Å². The molecule has 1 saturated heterocycles. The summed E-state index contributed by atoms with van der Waals surface area (Å²) >= 11 is 0. The van der Waals surface area contributed by atoms with Gasteiger partial charge in [-0.1, -0.05) is 43.3 Å². The number of nitrogens with one attached hydrogen (secondary N) is 2. The van der Waals surface area contributed by atoms with Crippen molar-refractivity contribution in [2.24, 2.45) is 0 Å². The number of carbonyl (C=O) groups is 1. The third-order valence-corrected chi connectivity index (χ3v) is 5.28. The first-order chi connectivity index (χ1) is 13.7. The zero-order chi connectivity index (χ0) is 19.8. The first kappa shape index (κ1) is 20.2. The van der Waals surface area contributed by atoms with Gasteiger partial charge in [0.25, 0.3) is 0 Å². The maximum Gasteiger partial charge on any atom is 0.319 e. The topological polar surface area (TPSA) is 56.8 Å². The Hall–Kier alpha value is -2.57. The van der Waals surface area contributed by atoms with Crippen LogP contribution >= 0.6 is 0 Å². The van der Waals surface area contributed by atoms with E-state index in [1.165, 1.54) is 0 Å². The van der Waals surface area contributed by atoms with E-state index in [0.717, 1.165) is 49.7 Å². The van der Waals surface area contributed by atoms with Gasteiger partial charge in [-0.25, -0.2) is 4.79 Å². The molecule has 0 bridgehead atoms. The van der Waals surface area contributed by atoms with Crippen LogP contribution in [0.1, 0.15) is 18.5 Å². The Morgan fingerprint density at radius 2 is 1.71 bits per heavy atom. The molecule has 6 nitrogen and oxygen atoms in total. The van der Waals surface area contributed by atoms with Crippen molar-refractivity contribution in [2.75, 3.05) is 51.7 Å². The van der Waals surface area contributed by atoms with Gasteiger partial charge in [-0.15, -0.1) is 0 Å². The van der Waals surface area contributed by atoms with Crippen LogP contribution in [-0.2, 0) is 0 Å². The Kier molecular flexibility index (Phi) is 7.28. The van der Waals surface area contributed by atoms with E-state index in [2.05, 4.69) is 33.4 Å². The lowest BCUT2D eigenvalue weighted by atomic mass is 10.0. The number of ether oxygens (including phenoxy) is 1. The Bertz CT molecular complexity index is 745. The van der Waals surface area contributed by atoms with Crippen molar-refractivity contribution in [1.29, 1.82) is 0 Å². The smallest absolute Gasteiger partial charge is 0.319 e. The van der Waals surface area contributed by atoms with Gasteiger partial charge >= 0.3 is 6.03 Å². The minimum Gasteiger partial charge on any atom is -0.496 e. The second-order valence-corrected chi connectivity index (χ2v) is 6.93. The number of nitrogens with zero attached hydrogens (tertiary/aromatic N) is 2. The van der Waals surface area contributed by atoms with Crippen molar-refractivity contribution < 1.29 is 9.53 Å². The third-order valence-electron chi connectivity index (χ3n) is 5.28. The molecular weight excluding hydrogens is 352 g/mol. The number of rotatable bonds is 7. The molecule has 0 aromatic heterocycles. The summed E-state index contributed by atoms with van der Waals surface area (Å²) in [4.78, 5) is 17.3. The molecule has 1 aliphatic rings. The molecule has 0 saturated carbocycles. The zero-order valence-electron chi connectivity index (χ0n) is 16.7. The molecule has 1 unspecified atom stereocenters. The average Bonchev–Trinajstić information content (AvgIpc) is 2.75. The van der Waals surface area contributed by atoms with Gasteiger partial charge < -0.3 is 20.3 Å². The van der Waals surface area contributed by atoms with Crippen LogP contribution in [0.4, 0.5) is 10.5 Å². The maximum absolute atomic E-state index is 12.4. The van der Waals surface area contributed by atoms with Crippen LogP contribution in [0.25, 0.3) is 0 Å². The predicted octanol–water partition coefficient (Wildman–Crippen LogP) is 3.20. The molecule has 1 fully saturated rings. The van der Waals surface area contributed by atoms with Crippen molar-refractivity contribution in [3.8, 4) is 5.75 Å². The van der Waals surface area contributed by atoms with Gasteiger partial charge in [0, 0.05) is 44.0 Å². The van der Waals surface area contributed by atoms with Gasteiger partial charge in [0.1, 0.15) is 5.75 Å². The molecular formula is C22H30N4O2. The first-order valence-electron chi connectivity index (χ1n) is 9.90. The maximum atomic E-state index is 12.4. The molecule has 3 rings (SSSR count). The fourth-order valence-corrected chi connectivity index (χ4v) is 3.65. The van der Waals surface area contributed by atoms with E-state index < -0.39 is 0 Å². The van der Waals surface area contributed by atoms with Crippen molar-refractivity contribution in [1.82, 2.24) is 15.1 Å². The van der Waals surface area contributed by atoms with Crippen molar-refractivity contribution in [3.63, 3.8) is 0 Å². The highest BCUT2D eigenvalue weighted by molar-refractivity contribution is 5.89. The third kappa shape index (κ3) is 5.24. The summed E-state index contributed by atoms with van der Waals surface area (Å²) in [6.45, 7) is 7.81. The number of anilines is 1. The normalized spacial score (nSPS) is 16.4. The van der Waals surface area contributed by atoms with E-state index in [-0.39, 0.29) is 12.1 Å². The van der Waals surface area contributed by atoms with Gasteiger partial charge in [0.15, 0.2) is 0 Å². The quantitative estimate of drug-likeness (QED) is 0.772. The molecule has 0 aliphatic carbocycles. The largest absolute Gasteiger partial charge is 0.496 e. The molecule has 0 spiro atoms. The fraction of sp³-hybridized carbons (Fsp3) is 0.409. The lowest BCUT2D eigenvalue weighted by Crippen LogP contribution is -2.50. The van der Waals surface area contributed by atoms with E-state index in [1.54, 1.807) is 7.11 Å². The summed E-state index contributed by atoms with van der Waals surface area (Å²) in [5.41, 5.74) is 1.89. The van der Waals surface area contributed by atoms with Crippen molar-refractivity contribution >= 4 is 11.7 Å². The number of carbonyl (C=O) groups excluding carboxylic acids is 1. The van der Waals surface area contributed by atoms with E-state index >= 15 is 0 Å².